The van der Waals surface area contributed by atoms with Gasteiger partial charge in [-0.15, -0.1) is 0 Å². The lowest BCUT2D eigenvalue weighted by atomic mass is 10.0. The summed E-state index contributed by atoms with van der Waals surface area (Å²) in [5.74, 6) is 0.0990. The summed E-state index contributed by atoms with van der Waals surface area (Å²) in [6.45, 7) is 2.09. The Labute approximate surface area is 244 Å². The molecule has 0 aliphatic carbocycles. The van der Waals surface area contributed by atoms with Crippen molar-refractivity contribution in [3.8, 4) is 22.6 Å². The van der Waals surface area contributed by atoms with Gasteiger partial charge in [0.1, 0.15) is 16.7 Å². The number of nitrogens with zero attached hydrogens (tertiary/aromatic N) is 3. The molecule has 6 aromatic rings. The van der Waals surface area contributed by atoms with Crippen LogP contribution in [0.4, 0.5) is 5.69 Å². The number of aromatic carboxylic acids is 1. The second-order valence-electron chi connectivity index (χ2n) is 9.87. The fraction of sp³-hybridized carbons (Fsp3) is 0.100. The molecule has 0 atom stereocenters. The van der Waals surface area contributed by atoms with E-state index in [2.05, 4.69) is 13.5 Å². The van der Waals surface area contributed by atoms with Gasteiger partial charge in [-0.05, 0) is 72.1 Å². The van der Waals surface area contributed by atoms with Crippen molar-refractivity contribution >= 4 is 55.3 Å². The number of anilines is 1. The molecule has 2 aromatic heterocycles. The van der Waals surface area contributed by atoms with Crippen LogP contribution >= 0.6 is 11.7 Å². The van der Waals surface area contributed by atoms with Gasteiger partial charge in [-0.2, -0.15) is 8.75 Å². The molecule has 1 aliphatic heterocycles. The number of nitrogens with one attached hydrogen (secondary N) is 1. The van der Waals surface area contributed by atoms with Crippen LogP contribution in [-0.2, 0) is 16.6 Å². The summed E-state index contributed by atoms with van der Waals surface area (Å²) in [4.78, 5) is 13.1. The Balaban J connectivity index is 1.42. The minimum atomic E-state index is -3.90. The zero-order chi connectivity index (χ0) is 29.0. The monoisotopic (exact) mass is 598 g/mol. The smallest absolute Gasteiger partial charge is 0.353 e. The third kappa shape index (κ3) is 4.41. The normalized spacial score (nSPS) is 12.7. The van der Waals surface area contributed by atoms with Crippen molar-refractivity contribution in [3.05, 3.63) is 95.7 Å². The molecule has 2 N–H and O–H groups in total. The number of fused-ring (bicyclic) bond motifs is 3. The Morgan fingerprint density at radius 1 is 0.976 bits per heavy atom. The lowest BCUT2D eigenvalue weighted by molar-refractivity contribution is 0.0687. The third-order valence-electron chi connectivity index (χ3n) is 7.22. The van der Waals surface area contributed by atoms with E-state index in [1.54, 1.807) is 78.2 Å². The molecule has 42 heavy (non-hydrogen) atoms. The van der Waals surface area contributed by atoms with Crippen LogP contribution in [0.15, 0.2) is 83.8 Å². The highest BCUT2D eigenvalue weighted by Crippen LogP contribution is 2.39. The average Bonchev–Trinajstić information content (AvgIpc) is 3.70. The highest BCUT2D eigenvalue weighted by Gasteiger charge is 2.26. The summed E-state index contributed by atoms with van der Waals surface area (Å²) < 4.78 is 50.5. The molecule has 0 spiro atoms. The maximum Gasteiger partial charge on any atom is 0.353 e. The number of benzene rings is 4. The van der Waals surface area contributed by atoms with Gasteiger partial charge in [-0.1, -0.05) is 30.3 Å². The summed E-state index contributed by atoms with van der Waals surface area (Å²) in [5, 5.41) is 11.1. The number of carbonyl (C=O) groups is 1. The fourth-order valence-electron chi connectivity index (χ4n) is 5.32. The third-order valence-corrected chi connectivity index (χ3v) is 9.32. The highest BCUT2D eigenvalue weighted by atomic mass is 32.2. The predicted molar refractivity (Wildman–Crippen MR) is 159 cm³/mol. The van der Waals surface area contributed by atoms with E-state index in [9.17, 15) is 18.3 Å². The molecule has 0 bridgehead atoms. The lowest BCUT2D eigenvalue weighted by Gasteiger charge is -2.12. The zero-order valence-corrected chi connectivity index (χ0v) is 23.7. The first-order chi connectivity index (χ1) is 20.3. The van der Waals surface area contributed by atoms with Crippen LogP contribution in [-0.4, -0.2) is 39.6 Å². The zero-order valence-electron chi connectivity index (χ0n) is 22.1. The molecule has 7 rings (SSSR count). The van der Waals surface area contributed by atoms with E-state index in [0.29, 0.717) is 55.8 Å². The number of aromatic nitrogens is 3. The number of hydrogen-bond acceptors (Lipinski definition) is 8. The van der Waals surface area contributed by atoms with E-state index in [1.807, 2.05) is 12.1 Å². The fourth-order valence-corrected chi connectivity index (χ4v) is 7.14. The van der Waals surface area contributed by atoms with Crippen LogP contribution in [0.3, 0.4) is 0 Å². The van der Waals surface area contributed by atoms with Gasteiger partial charge < -0.3 is 19.1 Å². The maximum atomic E-state index is 13.3. The second-order valence-corrected chi connectivity index (χ2v) is 12.1. The van der Waals surface area contributed by atoms with Crippen LogP contribution in [0.5, 0.6) is 11.5 Å². The number of ether oxygens (including phenoxy) is 2. The van der Waals surface area contributed by atoms with E-state index < -0.39 is 16.0 Å². The van der Waals surface area contributed by atoms with Crippen molar-refractivity contribution in [1.29, 1.82) is 0 Å². The van der Waals surface area contributed by atoms with Gasteiger partial charge in [0.15, 0.2) is 11.5 Å². The summed E-state index contributed by atoms with van der Waals surface area (Å²) in [5.41, 5.74) is 4.83. The number of rotatable bonds is 7. The molecule has 4 aromatic carbocycles. The predicted octanol–water partition coefficient (Wildman–Crippen LogP) is 5.90. The molecule has 12 heteroatoms. The molecule has 0 radical (unpaired) electrons. The molecule has 10 nitrogen and oxygen atoms in total. The Morgan fingerprint density at radius 3 is 2.62 bits per heavy atom. The van der Waals surface area contributed by atoms with E-state index in [0.717, 1.165) is 17.3 Å². The van der Waals surface area contributed by atoms with Gasteiger partial charge in [0.25, 0.3) is 10.0 Å². The van der Waals surface area contributed by atoms with Crippen LogP contribution < -0.4 is 14.2 Å². The molecule has 1 aliphatic rings. The average molecular weight is 599 g/mol. The van der Waals surface area contributed by atoms with Crippen molar-refractivity contribution in [1.82, 2.24) is 13.3 Å². The molecule has 0 amide bonds. The summed E-state index contributed by atoms with van der Waals surface area (Å²) >= 11 is 1.08. The Bertz CT molecular complexity index is 2150. The molecule has 0 fully saturated rings. The lowest BCUT2D eigenvalue weighted by Crippen LogP contribution is -2.14. The van der Waals surface area contributed by atoms with Crippen molar-refractivity contribution in [2.24, 2.45) is 0 Å². The number of carboxylic acid groups (broad SMARTS) is 1. The standard InChI is InChI=1S/C30H22N4O6S2/c1-17-4-2-3-5-27(17)42(37,38)33-20-8-10-24-21(14-20)28(19-7-9-22-23(13-19)32-41-31-22)29(30(35)36)34(24)15-18-6-11-25-26(12-18)40-16-39-25/h2-14,33H,15-16H2,1H3,(H,35,36). The maximum absolute atomic E-state index is 13.3. The number of carboxylic acids is 1. The van der Waals surface area contributed by atoms with Crippen molar-refractivity contribution < 1.29 is 27.8 Å². The molecular formula is C30H22N4O6S2. The minimum absolute atomic E-state index is 0.0594. The van der Waals surface area contributed by atoms with Crippen molar-refractivity contribution in [2.75, 3.05) is 11.5 Å². The van der Waals surface area contributed by atoms with E-state index in [-0.39, 0.29) is 23.9 Å². The quantitative estimate of drug-likeness (QED) is 0.232. The van der Waals surface area contributed by atoms with Crippen LogP contribution in [0.2, 0.25) is 0 Å². The number of aryl methyl sites for hydroxylation is 1. The van der Waals surface area contributed by atoms with E-state index in [1.165, 1.54) is 0 Å². The van der Waals surface area contributed by atoms with Crippen LogP contribution in [0, 0.1) is 6.92 Å². The summed E-state index contributed by atoms with van der Waals surface area (Å²) in [6.07, 6.45) is 0. The first kappa shape index (κ1) is 26.0. The van der Waals surface area contributed by atoms with Crippen molar-refractivity contribution in [2.45, 2.75) is 18.4 Å². The molecular weight excluding hydrogens is 576 g/mol. The van der Waals surface area contributed by atoms with Gasteiger partial charge in [-0.25, -0.2) is 13.2 Å². The van der Waals surface area contributed by atoms with Gasteiger partial charge in [0, 0.05) is 28.7 Å². The summed E-state index contributed by atoms with van der Waals surface area (Å²) in [7, 11) is -3.90. The van der Waals surface area contributed by atoms with E-state index >= 15 is 0 Å². The first-order valence-electron chi connectivity index (χ1n) is 12.9. The van der Waals surface area contributed by atoms with Crippen LogP contribution in [0.1, 0.15) is 21.6 Å². The van der Waals surface area contributed by atoms with Gasteiger partial charge >= 0.3 is 5.97 Å². The van der Waals surface area contributed by atoms with Crippen molar-refractivity contribution in [3.63, 3.8) is 0 Å². The summed E-state index contributed by atoms with van der Waals surface area (Å²) in [6, 6.07) is 22.7. The Morgan fingerprint density at radius 2 is 1.79 bits per heavy atom. The first-order valence-corrected chi connectivity index (χ1v) is 15.1. The number of hydrogen-bond donors (Lipinski definition) is 2. The highest BCUT2D eigenvalue weighted by molar-refractivity contribution is 7.92. The molecule has 0 saturated carbocycles. The van der Waals surface area contributed by atoms with Gasteiger partial charge in [-0.3, -0.25) is 4.72 Å². The largest absolute Gasteiger partial charge is 0.477 e. The molecule has 0 saturated heterocycles. The topological polar surface area (TPSA) is 133 Å². The molecule has 0 unspecified atom stereocenters. The molecule has 210 valence electrons. The number of sulfonamides is 1. The second kappa shape index (κ2) is 9.86. The minimum Gasteiger partial charge on any atom is -0.477 e. The molecule has 3 heterocycles. The Hall–Kier alpha value is -4.94. The van der Waals surface area contributed by atoms with E-state index in [4.69, 9.17) is 9.47 Å². The van der Waals surface area contributed by atoms with Gasteiger partial charge in [0.05, 0.1) is 16.6 Å². The Kier molecular flexibility index (Phi) is 6.10. The van der Waals surface area contributed by atoms with Crippen LogP contribution in [0.25, 0.3) is 33.1 Å². The SMILES string of the molecule is Cc1ccccc1S(=O)(=O)Nc1ccc2c(c1)c(-c1ccc3nsnc3c1)c(C(=O)O)n2Cc1ccc2c(c1)OCO2. The van der Waals surface area contributed by atoms with Gasteiger partial charge in [0.2, 0.25) is 6.79 Å².